The molecule has 2 rings (SSSR count). The highest BCUT2D eigenvalue weighted by Gasteiger charge is 2.61. The largest absolute Gasteiger partial charge is 0.422 e. The number of hydrogen-bond acceptors (Lipinski definition) is 3. The lowest BCUT2D eigenvalue weighted by Gasteiger charge is -2.37. The zero-order chi connectivity index (χ0) is 17.4. The molecule has 2 heterocycles. The van der Waals surface area contributed by atoms with Crippen LogP contribution < -0.4 is 4.90 Å². The van der Waals surface area contributed by atoms with Crippen molar-refractivity contribution in [3.63, 3.8) is 0 Å². The number of aromatic amines is 1. The van der Waals surface area contributed by atoms with Gasteiger partial charge < -0.3 is 5.11 Å². The first kappa shape index (κ1) is 17.3. The molecular weight excluding hydrogens is 311 g/mol. The lowest BCUT2D eigenvalue weighted by molar-refractivity contribution is -0.268. The number of carbonyl (C=O) groups excluding carboxylic acids is 1. The van der Waals surface area contributed by atoms with Crippen molar-refractivity contribution in [1.82, 2.24) is 10.2 Å². The predicted octanol–water partition coefficient (Wildman–Crippen LogP) is 2.90. The maximum Gasteiger partial charge on any atom is 0.422 e. The summed E-state index contributed by atoms with van der Waals surface area (Å²) < 4.78 is 40.5. The Morgan fingerprint density at radius 1 is 1.52 bits per heavy atom. The van der Waals surface area contributed by atoms with Crippen molar-refractivity contribution >= 4 is 17.3 Å². The molecule has 0 bridgehead atoms. The lowest BCUT2D eigenvalue weighted by atomic mass is 9.84. The normalized spacial score (nSPS) is 22.8. The Balaban J connectivity index is 2.73. The molecule has 1 unspecified atom stereocenters. The van der Waals surface area contributed by atoms with Crippen LogP contribution in [-0.2, 0) is 10.4 Å². The van der Waals surface area contributed by atoms with E-state index in [1.807, 2.05) is 0 Å². The fourth-order valence-electron chi connectivity index (χ4n) is 2.62. The first-order valence-corrected chi connectivity index (χ1v) is 7.15. The fraction of sp³-hybridized carbons (Fsp3) is 0.467. The van der Waals surface area contributed by atoms with Crippen LogP contribution in [0.25, 0.3) is 5.57 Å². The van der Waals surface area contributed by atoms with E-state index in [0.717, 1.165) is 4.90 Å². The standard InChI is InChI=1S/C15H18F3N3O2/c1-4-6-7-9(3)12-11-13(20-19-12)21(5-2)10(22)8-14(11,23)15(16,17)18/h4,6-7,23H,5,8H2,1-3H3,(H,19,20)/b6-4?,9-7+. The van der Waals surface area contributed by atoms with Crippen molar-refractivity contribution in [3.8, 4) is 0 Å². The third-order valence-electron chi connectivity index (χ3n) is 3.84. The van der Waals surface area contributed by atoms with Crippen molar-refractivity contribution in [2.24, 2.45) is 0 Å². The van der Waals surface area contributed by atoms with Gasteiger partial charge in [-0.3, -0.25) is 14.8 Å². The average molecular weight is 329 g/mol. The number of fused-ring (bicyclic) bond motifs is 1. The van der Waals surface area contributed by atoms with Gasteiger partial charge in [-0.25, -0.2) is 0 Å². The summed E-state index contributed by atoms with van der Waals surface area (Å²) in [5.74, 6) is -0.986. The lowest BCUT2D eigenvalue weighted by Crippen LogP contribution is -2.52. The van der Waals surface area contributed by atoms with Crippen LogP contribution in [0.2, 0.25) is 0 Å². The molecule has 1 aliphatic rings. The molecule has 0 radical (unpaired) electrons. The zero-order valence-corrected chi connectivity index (χ0v) is 13.0. The molecule has 0 spiro atoms. The van der Waals surface area contributed by atoms with Crippen LogP contribution >= 0.6 is 0 Å². The van der Waals surface area contributed by atoms with E-state index in [9.17, 15) is 23.1 Å². The number of allylic oxidation sites excluding steroid dienone is 4. The Labute approximate surface area is 131 Å². The number of halogens is 3. The van der Waals surface area contributed by atoms with Crippen LogP contribution in [0.15, 0.2) is 18.2 Å². The first-order valence-electron chi connectivity index (χ1n) is 7.15. The van der Waals surface area contributed by atoms with Crippen LogP contribution in [0.1, 0.15) is 38.4 Å². The molecule has 0 saturated carbocycles. The first-order chi connectivity index (χ1) is 10.7. The number of hydrogen-bond donors (Lipinski definition) is 2. The van der Waals surface area contributed by atoms with Crippen molar-refractivity contribution in [2.75, 3.05) is 11.4 Å². The number of aliphatic hydroxyl groups is 1. The third-order valence-corrected chi connectivity index (χ3v) is 3.84. The predicted molar refractivity (Wildman–Crippen MR) is 79.6 cm³/mol. The van der Waals surface area contributed by atoms with Gasteiger partial charge in [0.15, 0.2) is 11.4 Å². The quantitative estimate of drug-likeness (QED) is 0.838. The maximum atomic E-state index is 13.5. The van der Waals surface area contributed by atoms with Crippen LogP contribution in [-0.4, -0.2) is 33.9 Å². The van der Waals surface area contributed by atoms with Crippen LogP contribution in [0, 0.1) is 0 Å². The summed E-state index contributed by atoms with van der Waals surface area (Å²) in [5.41, 5.74) is -3.10. The summed E-state index contributed by atoms with van der Waals surface area (Å²) in [6.45, 7) is 5.19. The summed E-state index contributed by atoms with van der Waals surface area (Å²) in [6, 6.07) is 0. The summed E-state index contributed by atoms with van der Waals surface area (Å²) in [5, 5.41) is 16.7. The van der Waals surface area contributed by atoms with Crippen molar-refractivity contribution in [2.45, 2.75) is 39.0 Å². The van der Waals surface area contributed by atoms with Gasteiger partial charge in [-0.1, -0.05) is 18.2 Å². The fourth-order valence-corrected chi connectivity index (χ4v) is 2.62. The van der Waals surface area contributed by atoms with Crippen molar-refractivity contribution in [1.29, 1.82) is 0 Å². The van der Waals surface area contributed by atoms with Crippen LogP contribution in [0.3, 0.4) is 0 Å². The molecule has 1 amide bonds. The number of amides is 1. The number of rotatable bonds is 3. The number of alkyl halides is 3. The smallest absolute Gasteiger partial charge is 0.376 e. The van der Waals surface area contributed by atoms with Gasteiger partial charge in [0.2, 0.25) is 5.91 Å². The Bertz CT molecular complexity index is 676. The molecule has 2 N–H and O–H groups in total. The van der Waals surface area contributed by atoms with Gasteiger partial charge in [0.25, 0.3) is 0 Å². The maximum absolute atomic E-state index is 13.5. The van der Waals surface area contributed by atoms with Crippen LogP contribution in [0.5, 0.6) is 0 Å². The highest BCUT2D eigenvalue weighted by molar-refractivity contribution is 5.97. The highest BCUT2D eigenvalue weighted by atomic mass is 19.4. The molecule has 1 aliphatic heterocycles. The van der Waals surface area contributed by atoms with Gasteiger partial charge in [-0.15, -0.1) is 0 Å². The van der Waals surface area contributed by atoms with Gasteiger partial charge in [0, 0.05) is 6.54 Å². The molecule has 5 nitrogen and oxygen atoms in total. The van der Waals surface area contributed by atoms with E-state index < -0.39 is 29.7 Å². The number of carbonyl (C=O) groups is 1. The number of anilines is 1. The molecular formula is C15H18F3N3O2. The summed E-state index contributed by atoms with van der Waals surface area (Å²) in [7, 11) is 0. The minimum Gasteiger partial charge on any atom is -0.376 e. The van der Waals surface area contributed by atoms with E-state index in [1.54, 1.807) is 39.0 Å². The van der Waals surface area contributed by atoms with Gasteiger partial charge in [-0.05, 0) is 26.3 Å². The zero-order valence-electron chi connectivity index (χ0n) is 13.0. The van der Waals surface area contributed by atoms with Gasteiger partial charge >= 0.3 is 6.18 Å². The van der Waals surface area contributed by atoms with Gasteiger partial charge in [-0.2, -0.15) is 18.3 Å². The molecule has 0 aliphatic carbocycles. The molecule has 1 aromatic rings. The molecule has 1 atom stereocenters. The van der Waals surface area contributed by atoms with E-state index in [4.69, 9.17) is 0 Å². The third kappa shape index (κ3) is 2.67. The Morgan fingerprint density at radius 2 is 2.17 bits per heavy atom. The Hall–Kier alpha value is -2.09. The Kier molecular flexibility index (Phi) is 4.39. The highest BCUT2D eigenvalue weighted by Crippen LogP contribution is 2.50. The summed E-state index contributed by atoms with van der Waals surface area (Å²) in [4.78, 5) is 13.1. The molecule has 126 valence electrons. The van der Waals surface area contributed by atoms with Gasteiger partial charge in [0.1, 0.15) is 0 Å². The molecule has 1 aromatic heterocycles. The molecule has 23 heavy (non-hydrogen) atoms. The number of nitrogens with one attached hydrogen (secondary N) is 1. The summed E-state index contributed by atoms with van der Waals surface area (Å²) >= 11 is 0. The second-order valence-corrected chi connectivity index (χ2v) is 5.35. The van der Waals surface area contributed by atoms with E-state index in [-0.39, 0.29) is 18.1 Å². The van der Waals surface area contributed by atoms with Gasteiger partial charge in [0.05, 0.1) is 17.7 Å². The van der Waals surface area contributed by atoms with E-state index >= 15 is 0 Å². The topological polar surface area (TPSA) is 69.2 Å². The van der Waals surface area contributed by atoms with Crippen molar-refractivity contribution in [3.05, 3.63) is 29.5 Å². The monoisotopic (exact) mass is 329 g/mol. The molecule has 0 saturated heterocycles. The number of nitrogens with zero attached hydrogens (tertiary/aromatic N) is 2. The molecule has 0 aromatic carbocycles. The number of aromatic nitrogens is 2. The Morgan fingerprint density at radius 3 is 2.70 bits per heavy atom. The van der Waals surface area contributed by atoms with E-state index in [0.29, 0.717) is 5.57 Å². The SMILES string of the molecule is CC=C/C=C(\C)c1[nH]nc2c1C(O)(C(F)(F)F)CC(=O)N2CC. The average Bonchev–Trinajstić information content (AvgIpc) is 2.89. The van der Waals surface area contributed by atoms with E-state index in [1.165, 1.54) is 0 Å². The minimum absolute atomic E-state index is 0.0730. The van der Waals surface area contributed by atoms with E-state index in [2.05, 4.69) is 10.2 Å². The second kappa shape index (κ2) is 5.84. The van der Waals surface area contributed by atoms with Crippen LogP contribution in [0.4, 0.5) is 19.0 Å². The second-order valence-electron chi connectivity index (χ2n) is 5.35. The van der Waals surface area contributed by atoms with Crippen molar-refractivity contribution < 1.29 is 23.1 Å². The number of H-pyrrole nitrogens is 1. The molecule has 0 fully saturated rings. The molecule has 8 heteroatoms. The minimum atomic E-state index is -4.99. The summed E-state index contributed by atoms with van der Waals surface area (Å²) in [6.07, 6.45) is -1.04.